The lowest BCUT2D eigenvalue weighted by molar-refractivity contribution is -0.128. The number of anilines is 1. The van der Waals surface area contributed by atoms with Gasteiger partial charge in [0, 0.05) is 26.2 Å². The van der Waals surface area contributed by atoms with E-state index < -0.39 is 11.6 Å². The third kappa shape index (κ3) is 3.11. The lowest BCUT2D eigenvalue weighted by atomic mass is 10.0. The van der Waals surface area contributed by atoms with E-state index in [0.717, 1.165) is 0 Å². The number of carbonyl (C=O) groups is 1. The van der Waals surface area contributed by atoms with E-state index in [2.05, 4.69) is 24.8 Å². The van der Waals surface area contributed by atoms with E-state index in [1.807, 2.05) is 13.8 Å². The number of imidazole rings is 1. The largest absolute Gasteiger partial charge is 0.394 e. The lowest BCUT2D eigenvalue weighted by Gasteiger charge is -2.42. The van der Waals surface area contributed by atoms with Crippen LogP contribution in [0.25, 0.3) is 11.2 Å². The van der Waals surface area contributed by atoms with Gasteiger partial charge in [-0.1, -0.05) is 0 Å². The predicted molar refractivity (Wildman–Crippen MR) is 95.6 cm³/mol. The highest BCUT2D eigenvalue weighted by Crippen LogP contribution is 2.26. The van der Waals surface area contributed by atoms with Gasteiger partial charge in [0.2, 0.25) is 5.91 Å². The van der Waals surface area contributed by atoms with Crippen LogP contribution in [-0.4, -0.2) is 85.5 Å². The van der Waals surface area contributed by atoms with Crippen molar-refractivity contribution in [2.24, 2.45) is 5.73 Å². The van der Waals surface area contributed by atoms with Crippen LogP contribution in [0.2, 0.25) is 0 Å². The lowest BCUT2D eigenvalue weighted by Crippen LogP contribution is -2.59. The summed E-state index contributed by atoms with van der Waals surface area (Å²) in [5.41, 5.74) is 6.02. The summed E-state index contributed by atoms with van der Waals surface area (Å²) < 4.78 is 1.66. The first-order valence-corrected chi connectivity index (χ1v) is 8.59. The Hall–Kier alpha value is -2.30. The number of nitrogens with two attached hydrogens (primary N) is 1. The summed E-state index contributed by atoms with van der Waals surface area (Å²) in [5, 5.41) is 18.8. The van der Waals surface area contributed by atoms with Crippen LogP contribution in [0.15, 0.2) is 12.7 Å². The van der Waals surface area contributed by atoms with Gasteiger partial charge in [0.25, 0.3) is 0 Å². The molecule has 0 radical (unpaired) electrons. The predicted octanol–water partition coefficient (Wildman–Crippen LogP) is -1.26. The Morgan fingerprint density at radius 2 is 1.85 bits per heavy atom. The first-order valence-electron chi connectivity index (χ1n) is 8.59. The van der Waals surface area contributed by atoms with Crippen molar-refractivity contribution >= 4 is 22.9 Å². The van der Waals surface area contributed by atoms with Crippen molar-refractivity contribution in [3.63, 3.8) is 0 Å². The quantitative estimate of drug-likeness (QED) is 0.579. The van der Waals surface area contributed by atoms with Crippen molar-refractivity contribution in [3.8, 4) is 0 Å². The van der Waals surface area contributed by atoms with Crippen LogP contribution < -0.4 is 10.6 Å². The zero-order valence-corrected chi connectivity index (χ0v) is 15.0. The zero-order valence-electron chi connectivity index (χ0n) is 15.0. The molecule has 0 atom stereocenters. The maximum absolute atomic E-state index is 11.7. The second kappa shape index (κ2) is 7.14. The van der Waals surface area contributed by atoms with Gasteiger partial charge in [-0.2, -0.15) is 0 Å². The number of aliphatic hydroxyl groups excluding tert-OH is 2. The molecular formula is C16H25N7O3. The van der Waals surface area contributed by atoms with E-state index in [0.29, 0.717) is 43.2 Å². The first-order chi connectivity index (χ1) is 12.4. The molecule has 1 saturated heterocycles. The Morgan fingerprint density at radius 1 is 1.19 bits per heavy atom. The second-order valence-electron chi connectivity index (χ2n) is 6.94. The van der Waals surface area contributed by atoms with Gasteiger partial charge in [-0.25, -0.2) is 15.0 Å². The number of hydrogen-bond donors (Lipinski definition) is 3. The Labute approximate surface area is 151 Å². The van der Waals surface area contributed by atoms with Gasteiger partial charge in [-0.05, 0) is 13.8 Å². The van der Waals surface area contributed by atoms with Crippen LogP contribution in [0.4, 0.5) is 5.82 Å². The van der Waals surface area contributed by atoms with Crippen LogP contribution in [0, 0.1) is 0 Å². The number of hydrogen-bond acceptors (Lipinski definition) is 8. The topological polar surface area (TPSA) is 134 Å². The number of aliphatic hydroxyl groups is 2. The monoisotopic (exact) mass is 363 g/mol. The van der Waals surface area contributed by atoms with Crippen LogP contribution in [0.5, 0.6) is 0 Å². The molecule has 0 unspecified atom stereocenters. The molecule has 1 amide bonds. The number of piperazine rings is 1. The molecule has 1 fully saturated rings. The van der Waals surface area contributed by atoms with E-state index in [-0.39, 0.29) is 19.1 Å². The molecule has 0 saturated carbocycles. The average molecular weight is 363 g/mol. The normalized spacial score (nSPS) is 16.6. The minimum atomic E-state index is -0.690. The Bertz CT molecular complexity index is 779. The van der Waals surface area contributed by atoms with Gasteiger partial charge < -0.3 is 25.4 Å². The maximum Gasteiger partial charge on any atom is 0.237 e. The molecule has 0 spiro atoms. The number of fused-ring (bicyclic) bond motifs is 1. The summed E-state index contributed by atoms with van der Waals surface area (Å²) in [7, 11) is 0. The summed E-state index contributed by atoms with van der Waals surface area (Å²) in [6.07, 6.45) is 3.02. The van der Waals surface area contributed by atoms with Crippen LogP contribution >= 0.6 is 0 Å². The minimum absolute atomic E-state index is 0.206. The molecular weight excluding hydrogens is 338 g/mol. The summed E-state index contributed by atoms with van der Waals surface area (Å²) in [4.78, 5) is 28.9. The molecule has 4 N–H and O–H groups in total. The van der Waals surface area contributed by atoms with E-state index in [1.165, 1.54) is 6.33 Å². The van der Waals surface area contributed by atoms with Crippen LogP contribution in [0.1, 0.15) is 19.9 Å². The van der Waals surface area contributed by atoms with Gasteiger partial charge in [0.1, 0.15) is 6.33 Å². The summed E-state index contributed by atoms with van der Waals surface area (Å²) in [6, 6.07) is -0.490. The van der Waals surface area contributed by atoms with Crippen LogP contribution in [0.3, 0.4) is 0 Å². The smallest absolute Gasteiger partial charge is 0.237 e. The molecule has 10 nitrogen and oxygen atoms in total. The fourth-order valence-electron chi connectivity index (χ4n) is 3.20. The molecule has 0 bridgehead atoms. The van der Waals surface area contributed by atoms with Crippen molar-refractivity contribution in [1.82, 2.24) is 24.4 Å². The van der Waals surface area contributed by atoms with Crippen LogP contribution in [-0.2, 0) is 4.79 Å². The Balaban J connectivity index is 1.83. The molecule has 10 heteroatoms. The van der Waals surface area contributed by atoms with E-state index >= 15 is 0 Å². The van der Waals surface area contributed by atoms with E-state index in [1.54, 1.807) is 10.9 Å². The van der Waals surface area contributed by atoms with Gasteiger partial charge in [-0.3, -0.25) is 9.69 Å². The van der Waals surface area contributed by atoms with Gasteiger partial charge in [0.05, 0.1) is 31.1 Å². The highest BCUT2D eigenvalue weighted by molar-refractivity contribution is 5.84. The van der Waals surface area contributed by atoms with Crippen molar-refractivity contribution < 1.29 is 15.0 Å². The number of primary amides is 1. The van der Waals surface area contributed by atoms with Crippen molar-refractivity contribution in [2.75, 3.05) is 44.3 Å². The number of carbonyl (C=O) groups excluding carboxylic acids is 1. The first kappa shape index (κ1) is 18.5. The number of rotatable bonds is 6. The molecule has 2 aromatic rings. The zero-order chi connectivity index (χ0) is 18.9. The standard InChI is InChI=1S/C16H25N7O3/c1-16(2,15(17)26)22-5-3-21(4-6-22)13-12-14(19-9-18-13)23(10-20-12)11(7-24)8-25/h9-11,24-25H,3-8H2,1-2H3,(H2,17,26). The van der Waals surface area contributed by atoms with E-state index in [4.69, 9.17) is 5.73 Å². The fourth-order valence-corrected chi connectivity index (χ4v) is 3.20. The number of aromatic nitrogens is 4. The SMILES string of the molecule is CC(C)(C(N)=O)N1CCN(c2ncnc3c2ncn3C(CO)CO)CC1. The second-order valence-corrected chi connectivity index (χ2v) is 6.94. The molecule has 1 aliphatic heterocycles. The number of nitrogens with zero attached hydrogens (tertiary/aromatic N) is 6. The van der Waals surface area contributed by atoms with E-state index in [9.17, 15) is 15.0 Å². The molecule has 1 aliphatic rings. The molecule has 0 aliphatic carbocycles. The van der Waals surface area contributed by atoms with Crippen molar-refractivity contribution in [1.29, 1.82) is 0 Å². The highest BCUT2D eigenvalue weighted by atomic mass is 16.3. The summed E-state index contributed by atoms with van der Waals surface area (Å²) >= 11 is 0. The van der Waals surface area contributed by atoms with Gasteiger partial charge in [0.15, 0.2) is 17.0 Å². The van der Waals surface area contributed by atoms with Gasteiger partial charge >= 0.3 is 0 Å². The van der Waals surface area contributed by atoms with Gasteiger partial charge in [-0.15, -0.1) is 0 Å². The molecule has 2 aromatic heterocycles. The Morgan fingerprint density at radius 3 is 2.42 bits per heavy atom. The fraction of sp³-hybridized carbons (Fsp3) is 0.625. The Kier molecular flexibility index (Phi) is 5.08. The average Bonchev–Trinajstić information content (AvgIpc) is 3.07. The van der Waals surface area contributed by atoms with Crippen molar-refractivity contribution in [2.45, 2.75) is 25.4 Å². The molecule has 0 aromatic carbocycles. The minimum Gasteiger partial charge on any atom is -0.394 e. The third-order valence-corrected chi connectivity index (χ3v) is 5.13. The molecule has 26 heavy (non-hydrogen) atoms. The number of amides is 1. The molecule has 142 valence electrons. The maximum atomic E-state index is 11.7. The summed E-state index contributed by atoms with van der Waals surface area (Å²) in [5.74, 6) is 0.369. The third-order valence-electron chi connectivity index (χ3n) is 5.13. The summed E-state index contributed by atoms with van der Waals surface area (Å²) in [6.45, 7) is 5.97. The highest BCUT2D eigenvalue weighted by Gasteiger charge is 2.35. The molecule has 3 rings (SSSR count). The van der Waals surface area contributed by atoms with Crippen molar-refractivity contribution in [3.05, 3.63) is 12.7 Å². The molecule has 3 heterocycles.